The van der Waals surface area contributed by atoms with Crippen LogP contribution in [0, 0.1) is 11.8 Å². The average Bonchev–Trinajstić information content (AvgIpc) is 2.53. The van der Waals surface area contributed by atoms with Crippen molar-refractivity contribution >= 4 is 5.91 Å². The molecule has 1 amide bonds. The Morgan fingerprint density at radius 1 is 1.14 bits per heavy atom. The van der Waals surface area contributed by atoms with Gasteiger partial charge >= 0.3 is 0 Å². The lowest BCUT2D eigenvalue weighted by atomic mass is 9.86. The lowest BCUT2D eigenvalue weighted by molar-refractivity contribution is -0.136. The van der Waals surface area contributed by atoms with Gasteiger partial charge in [-0.25, -0.2) is 0 Å². The molecular weight excluding hydrogens is 262 g/mol. The summed E-state index contributed by atoms with van der Waals surface area (Å²) in [4.78, 5) is 17.0. The molecule has 122 valence electrons. The maximum atomic E-state index is 12.4. The van der Waals surface area contributed by atoms with Crippen molar-refractivity contribution in [3.05, 3.63) is 0 Å². The number of nitrogens with two attached hydrogens (primary N) is 1. The highest BCUT2D eigenvalue weighted by Gasteiger charge is 2.31. The van der Waals surface area contributed by atoms with Crippen LogP contribution >= 0.6 is 0 Å². The summed E-state index contributed by atoms with van der Waals surface area (Å²) in [5.41, 5.74) is 6.09. The van der Waals surface area contributed by atoms with E-state index in [-0.39, 0.29) is 17.9 Å². The maximum absolute atomic E-state index is 12.4. The Morgan fingerprint density at radius 3 is 2.24 bits per heavy atom. The summed E-state index contributed by atoms with van der Waals surface area (Å²) in [6.07, 6.45) is 6.36. The third-order valence-electron chi connectivity index (χ3n) is 5.67. The Morgan fingerprint density at radius 2 is 1.71 bits per heavy atom. The van der Waals surface area contributed by atoms with Crippen LogP contribution in [0.25, 0.3) is 0 Å². The summed E-state index contributed by atoms with van der Waals surface area (Å²) in [5.74, 6) is 1.33. The van der Waals surface area contributed by atoms with Crippen molar-refractivity contribution in [3.63, 3.8) is 0 Å². The quantitative estimate of drug-likeness (QED) is 0.864. The number of hydrogen-bond donors (Lipinski definition) is 1. The molecule has 1 saturated heterocycles. The van der Waals surface area contributed by atoms with E-state index in [0.717, 1.165) is 44.6 Å². The number of carbonyl (C=O) groups is 1. The third kappa shape index (κ3) is 4.19. The molecule has 2 atom stereocenters. The Labute approximate surface area is 130 Å². The third-order valence-corrected chi connectivity index (χ3v) is 5.67. The molecule has 1 saturated carbocycles. The Balaban J connectivity index is 1.79. The first-order valence-electron chi connectivity index (χ1n) is 8.81. The zero-order valence-electron chi connectivity index (χ0n) is 14.1. The molecule has 4 nitrogen and oxygen atoms in total. The Kier molecular flexibility index (Phi) is 6.06. The summed E-state index contributed by atoms with van der Waals surface area (Å²) in [6, 6.07) is 0.429. The second-order valence-electron chi connectivity index (χ2n) is 7.19. The predicted molar refractivity (Wildman–Crippen MR) is 87.0 cm³/mol. The van der Waals surface area contributed by atoms with Gasteiger partial charge in [-0.1, -0.05) is 27.2 Å². The van der Waals surface area contributed by atoms with Crippen molar-refractivity contribution in [2.75, 3.05) is 26.2 Å². The minimum atomic E-state index is -0.322. The molecule has 0 aromatic rings. The largest absolute Gasteiger partial charge is 0.339 e. The van der Waals surface area contributed by atoms with E-state index < -0.39 is 0 Å². The minimum absolute atomic E-state index is 0.154. The lowest BCUT2D eigenvalue weighted by Gasteiger charge is -2.42. The van der Waals surface area contributed by atoms with Gasteiger partial charge in [0.2, 0.25) is 5.91 Å². The topological polar surface area (TPSA) is 49.6 Å². The first-order valence-corrected chi connectivity index (χ1v) is 8.81. The molecule has 2 unspecified atom stereocenters. The highest BCUT2D eigenvalue weighted by atomic mass is 16.2. The fourth-order valence-electron chi connectivity index (χ4n) is 3.62. The minimum Gasteiger partial charge on any atom is -0.339 e. The fraction of sp³-hybridized carbons (Fsp3) is 0.941. The van der Waals surface area contributed by atoms with E-state index in [2.05, 4.69) is 25.7 Å². The number of piperazine rings is 1. The van der Waals surface area contributed by atoms with Crippen LogP contribution < -0.4 is 5.73 Å². The molecule has 2 N–H and O–H groups in total. The lowest BCUT2D eigenvalue weighted by Crippen LogP contribution is -2.56. The predicted octanol–water partition coefficient (Wildman–Crippen LogP) is 2.08. The van der Waals surface area contributed by atoms with Gasteiger partial charge in [0.25, 0.3) is 0 Å². The first kappa shape index (κ1) is 16.8. The maximum Gasteiger partial charge on any atom is 0.239 e. The molecular formula is C17H33N3O. The zero-order valence-corrected chi connectivity index (χ0v) is 14.1. The summed E-state index contributed by atoms with van der Waals surface area (Å²) in [6.45, 7) is 10.3. The van der Waals surface area contributed by atoms with Crippen LogP contribution in [-0.4, -0.2) is 54.0 Å². The molecule has 0 radical (unpaired) electrons. The molecule has 0 spiro atoms. The summed E-state index contributed by atoms with van der Waals surface area (Å²) >= 11 is 0. The Hall–Kier alpha value is -0.610. The summed E-state index contributed by atoms with van der Waals surface area (Å²) in [7, 11) is 0. The number of nitrogens with zero attached hydrogens (tertiary/aromatic N) is 2. The molecule has 4 heteroatoms. The molecule has 21 heavy (non-hydrogen) atoms. The second kappa shape index (κ2) is 7.59. The molecule has 1 aliphatic carbocycles. The van der Waals surface area contributed by atoms with E-state index in [1.165, 1.54) is 25.7 Å². The van der Waals surface area contributed by atoms with Crippen molar-refractivity contribution < 1.29 is 4.79 Å². The number of hydrogen-bond acceptors (Lipinski definition) is 3. The fourth-order valence-corrected chi connectivity index (χ4v) is 3.62. The van der Waals surface area contributed by atoms with Crippen LogP contribution in [0.4, 0.5) is 0 Å². The second-order valence-corrected chi connectivity index (χ2v) is 7.19. The van der Waals surface area contributed by atoms with Gasteiger partial charge in [0.1, 0.15) is 0 Å². The van der Waals surface area contributed by atoms with Crippen molar-refractivity contribution in [1.82, 2.24) is 9.80 Å². The SMILES string of the molecule is CCC(C)C(N)C(=O)N1CCN(C2CCC(C)CC2)CC1. The smallest absolute Gasteiger partial charge is 0.239 e. The van der Waals surface area contributed by atoms with Gasteiger partial charge in [0.15, 0.2) is 0 Å². The average molecular weight is 295 g/mol. The zero-order chi connectivity index (χ0) is 15.4. The van der Waals surface area contributed by atoms with E-state index in [1.807, 2.05) is 4.90 Å². The van der Waals surface area contributed by atoms with Gasteiger partial charge in [0.05, 0.1) is 6.04 Å². The standard InChI is InChI=1S/C17H33N3O/c1-4-14(3)16(18)17(21)20-11-9-19(10-12-20)15-7-5-13(2)6-8-15/h13-16H,4-12,18H2,1-3H3. The molecule has 1 aliphatic heterocycles. The molecule has 0 aromatic heterocycles. The van der Waals surface area contributed by atoms with Crippen LogP contribution in [0.5, 0.6) is 0 Å². The van der Waals surface area contributed by atoms with Crippen molar-refractivity contribution in [2.45, 2.75) is 65.0 Å². The van der Waals surface area contributed by atoms with Gasteiger partial charge in [-0.15, -0.1) is 0 Å². The van der Waals surface area contributed by atoms with E-state index >= 15 is 0 Å². The normalized spacial score (nSPS) is 31.0. The van der Waals surface area contributed by atoms with Crippen LogP contribution in [0.3, 0.4) is 0 Å². The summed E-state index contributed by atoms with van der Waals surface area (Å²) in [5, 5.41) is 0. The number of amides is 1. The van der Waals surface area contributed by atoms with Gasteiger partial charge in [-0.2, -0.15) is 0 Å². The van der Waals surface area contributed by atoms with Gasteiger partial charge in [0, 0.05) is 32.2 Å². The van der Waals surface area contributed by atoms with Crippen LogP contribution in [-0.2, 0) is 4.79 Å². The van der Waals surface area contributed by atoms with Crippen molar-refractivity contribution in [2.24, 2.45) is 17.6 Å². The van der Waals surface area contributed by atoms with E-state index in [0.29, 0.717) is 0 Å². The number of rotatable bonds is 4. The molecule has 0 bridgehead atoms. The summed E-state index contributed by atoms with van der Waals surface area (Å²) < 4.78 is 0. The molecule has 2 fully saturated rings. The molecule has 1 heterocycles. The van der Waals surface area contributed by atoms with Gasteiger partial charge in [-0.05, 0) is 37.5 Å². The molecule has 2 aliphatic rings. The highest BCUT2D eigenvalue weighted by molar-refractivity contribution is 5.82. The monoisotopic (exact) mass is 295 g/mol. The van der Waals surface area contributed by atoms with E-state index in [1.54, 1.807) is 0 Å². The van der Waals surface area contributed by atoms with E-state index in [9.17, 15) is 4.79 Å². The first-order chi connectivity index (χ1) is 10.0. The van der Waals surface area contributed by atoms with Crippen LogP contribution in [0.1, 0.15) is 52.9 Å². The van der Waals surface area contributed by atoms with Crippen molar-refractivity contribution in [3.8, 4) is 0 Å². The highest BCUT2D eigenvalue weighted by Crippen LogP contribution is 2.27. The Bertz CT molecular complexity index is 331. The molecule has 0 aromatic carbocycles. The van der Waals surface area contributed by atoms with Crippen LogP contribution in [0.2, 0.25) is 0 Å². The van der Waals surface area contributed by atoms with E-state index in [4.69, 9.17) is 5.73 Å². The van der Waals surface area contributed by atoms with Gasteiger partial charge < -0.3 is 10.6 Å². The van der Waals surface area contributed by atoms with Crippen LogP contribution in [0.15, 0.2) is 0 Å². The van der Waals surface area contributed by atoms with Crippen molar-refractivity contribution in [1.29, 1.82) is 0 Å². The molecule has 2 rings (SSSR count). The van der Waals surface area contributed by atoms with Gasteiger partial charge in [-0.3, -0.25) is 9.69 Å². The number of carbonyl (C=O) groups excluding carboxylic acids is 1.